The highest BCUT2D eigenvalue weighted by molar-refractivity contribution is 5.95. The number of hydrogen-bond acceptors (Lipinski definition) is 4. The van der Waals surface area contributed by atoms with Crippen molar-refractivity contribution in [2.24, 2.45) is 0 Å². The standard InChI is InChI=1S/C20H24N2O3/c23-12-15-5-7-16(8-6-15)17-3-1-4-18(11-17)19(24)22-14-20(25)9-2-10-21-13-20/h1,3-8,11,21,23,25H,2,9-10,12-14H2,(H,22,24). The summed E-state index contributed by atoms with van der Waals surface area (Å²) in [4.78, 5) is 12.4. The van der Waals surface area contributed by atoms with E-state index in [0.717, 1.165) is 29.7 Å². The summed E-state index contributed by atoms with van der Waals surface area (Å²) >= 11 is 0. The molecule has 0 aliphatic carbocycles. The molecule has 1 fully saturated rings. The van der Waals surface area contributed by atoms with Crippen molar-refractivity contribution >= 4 is 5.91 Å². The minimum atomic E-state index is -0.869. The lowest BCUT2D eigenvalue weighted by atomic mass is 9.94. The molecule has 1 aliphatic heterocycles. The maximum atomic E-state index is 12.4. The summed E-state index contributed by atoms with van der Waals surface area (Å²) < 4.78 is 0. The van der Waals surface area contributed by atoms with Crippen molar-refractivity contribution in [1.82, 2.24) is 10.6 Å². The molecule has 0 spiro atoms. The normalized spacial score (nSPS) is 20.2. The van der Waals surface area contributed by atoms with E-state index in [1.165, 1.54) is 0 Å². The van der Waals surface area contributed by atoms with Crippen LogP contribution < -0.4 is 10.6 Å². The van der Waals surface area contributed by atoms with E-state index >= 15 is 0 Å². The third-order valence-corrected chi connectivity index (χ3v) is 4.62. The number of carbonyl (C=O) groups is 1. The van der Waals surface area contributed by atoms with Crippen LogP contribution in [0.2, 0.25) is 0 Å². The molecule has 1 heterocycles. The van der Waals surface area contributed by atoms with Gasteiger partial charge in [-0.3, -0.25) is 4.79 Å². The van der Waals surface area contributed by atoms with E-state index in [1.807, 2.05) is 42.5 Å². The number of piperidine rings is 1. The van der Waals surface area contributed by atoms with Gasteiger partial charge >= 0.3 is 0 Å². The lowest BCUT2D eigenvalue weighted by Crippen LogP contribution is -2.52. The maximum Gasteiger partial charge on any atom is 0.251 e. The molecule has 0 saturated carbocycles. The zero-order chi connectivity index (χ0) is 17.7. The Morgan fingerprint density at radius 1 is 1.16 bits per heavy atom. The predicted octanol–water partition coefficient (Wildman–Crippen LogP) is 1.69. The number of amides is 1. The first-order valence-corrected chi connectivity index (χ1v) is 8.61. The van der Waals surface area contributed by atoms with Gasteiger partial charge in [-0.2, -0.15) is 0 Å². The summed E-state index contributed by atoms with van der Waals surface area (Å²) in [7, 11) is 0. The van der Waals surface area contributed by atoms with Crippen LogP contribution in [0.15, 0.2) is 48.5 Å². The largest absolute Gasteiger partial charge is 0.392 e. The van der Waals surface area contributed by atoms with Gasteiger partial charge < -0.3 is 20.8 Å². The van der Waals surface area contributed by atoms with Crippen LogP contribution in [0.1, 0.15) is 28.8 Å². The molecule has 5 heteroatoms. The third kappa shape index (κ3) is 4.45. The van der Waals surface area contributed by atoms with Gasteiger partial charge in [-0.25, -0.2) is 0 Å². The highest BCUT2D eigenvalue weighted by Crippen LogP contribution is 2.21. The minimum Gasteiger partial charge on any atom is -0.392 e. The second kappa shape index (κ2) is 7.78. The molecule has 2 aromatic carbocycles. The van der Waals surface area contributed by atoms with Gasteiger partial charge in [0.2, 0.25) is 0 Å². The van der Waals surface area contributed by atoms with Crippen molar-refractivity contribution in [3.63, 3.8) is 0 Å². The number of carbonyl (C=O) groups excluding carboxylic acids is 1. The molecule has 1 atom stereocenters. The number of benzene rings is 2. The molecule has 0 bridgehead atoms. The third-order valence-electron chi connectivity index (χ3n) is 4.62. The van der Waals surface area contributed by atoms with Crippen molar-refractivity contribution in [3.8, 4) is 11.1 Å². The molecule has 5 nitrogen and oxygen atoms in total. The summed E-state index contributed by atoms with van der Waals surface area (Å²) in [5, 5.41) is 25.6. The van der Waals surface area contributed by atoms with Gasteiger partial charge in [-0.15, -0.1) is 0 Å². The number of β-amino-alcohol motifs (C(OH)–C–C–N with tert-alkyl or cyclic N) is 1. The van der Waals surface area contributed by atoms with Crippen LogP contribution in [0.3, 0.4) is 0 Å². The smallest absolute Gasteiger partial charge is 0.251 e. The quantitative estimate of drug-likeness (QED) is 0.668. The molecule has 0 radical (unpaired) electrons. The molecule has 25 heavy (non-hydrogen) atoms. The Bertz CT molecular complexity index is 722. The monoisotopic (exact) mass is 340 g/mol. The molecular formula is C20H24N2O3. The number of aliphatic hydroxyl groups is 2. The van der Waals surface area contributed by atoms with E-state index in [0.29, 0.717) is 18.5 Å². The van der Waals surface area contributed by atoms with E-state index in [1.54, 1.807) is 6.07 Å². The van der Waals surface area contributed by atoms with Crippen LogP contribution in [0.5, 0.6) is 0 Å². The Morgan fingerprint density at radius 2 is 1.96 bits per heavy atom. The summed E-state index contributed by atoms with van der Waals surface area (Å²) in [5.41, 5.74) is 2.48. The van der Waals surface area contributed by atoms with E-state index in [9.17, 15) is 9.90 Å². The second-order valence-electron chi connectivity index (χ2n) is 6.62. The Hall–Kier alpha value is -2.21. The maximum absolute atomic E-state index is 12.4. The topological polar surface area (TPSA) is 81.6 Å². The summed E-state index contributed by atoms with van der Waals surface area (Å²) in [6, 6.07) is 15.0. The molecule has 132 valence electrons. The van der Waals surface area contributed by atoms with Gasteiger partial charge in [-0.1, -0.05) is 36.4 Å². The van der Waals surface area contributed by atoms with Crippen LogP contribution in [-0.2, 0) is 6.61 Å². The molecule has 3 rings (SSSR count). The molecule has 0 aromatic heterocycles. The number of nitrogens with one attached hydrogen (secondary N) is 2. The fourth-order valence-electron chi connectivity index (χ4n) is 3.09. The Kier molecular flexibility index (Phi) is 5.48. The van der Waals surface area contributed by atoms with E-state index in [-0.39, 0.29) is 19.1 Å². The van der Waals surface area contributed by atoms with Crippen LogP contribution in [-0.4, -0.2) is 41.4 Å². The molecule has 1 aliphatic rings. The van der Waals surface area contributed by atoms with Crippen molar-refractivity contribution in [2.75, 3.05) is 19.6 Å². The van der Waals surface area contributed by atoms with Gasteiger partial charge in [0.15, 0.2) is 0 Å². The van der Waals surface area contributed by atoms with Crippen LogP contribution in [0.25, 0.3) is 11.1 Å². The molecule has 1 saturated heterocycles. The zero-order valence-corrected chi connectivity index (χ0v) is 14.2. The van der Waals surface area contributed by atoms with Crippen molar-refractivity contribution in [3.05, 3.63) is 59.7 Å². The Balaban J connectivity index is 1.68. The van der Waals surface area contributed by atoms with Crippen LogP contribution in [0, 0.1) is 0 Å². The zero-order valence-electron chi connectivity index (χ0n) is 14.2. The fourth-order valence-corrected chi connectivity index (χ4v) is 3.09. The van der Waals surface area contributed by atoms with Crippen molar-refractivity contribution in [2.45, 2.75) is 25.0 Å². The molecular weight excluding hydrogens is 316 g/mol. The molecule has 1 unspecified atom stereocenters. The minimum absolute atomic E-state index is 0.0144. The number of hydrogen-bond donors (Lipinski definition) is 4. The fraction of sp³-hybridized carbons (Fsp3) is 0.350. The first-order valence-electron chi connectivity index (χ1n) is 8.61. The van der Waals surface area contributed by atoms with Gasteiger partial charge in [0.05, 0.1) is 12.2 Å². The summed E-state index contributed by atoms with van der Waals surface area (Å²) in [6.07, 6.45) is 1.60. The summed E-state index contributed by atoms with van der Waals surface area (Å²) in [5.74, 6) is -0.187. The first kappa shape index (κ1) is 17.6. The van der Waals surface area contributed by atoms with Crippen LogP contribution in [0.4, 0.5) is 0 Å². The van der Waals surface area contributed by atoms with Gasteiger partial charge in [0, 0.05) is 18.7 Å². The SMILES string of the molecule is O=C(NCC1(O)CCCNC1)c1cccc(-c2ccc(CO)cc2)c1. The average Bonchev–Trinajstić information content (AvgIpc) is 2.67. The van der Waals surface area contributed by atoms with E-state index in [2.05, 4.69) is 10.6 Å². The van der Waals surface area contributed by atoms with Crippen LogP contribution >= 0.6 is 0 Å². The van der Waals surface area contributed by atoms with Gasteiger partial charge in [-0.05, 0) is 48.2 Å². The Morgan fingerprint density at radius 3 is 2.64 bits per heavy atom. The average molecular weight is 340 g/mol. The highest BCUT2D eigenvalue weighted by Gasteiger charge is 2.29. The number of rotatable bonds is 5. The molecule has 1 amide bonds. The lowest BCUT2D eigenvalue weighted by Gasteiger charge is -2.32. The molecule has 2 aromatic rings. The van der Waals surface area contributed by atoms with Crippen molar-refractivity contribution < 1.29 is 15.0 Å². The van der Waals surface area contributed by atoms with E-state index in [4.69, 9.17) is 5.11 Å². The number of aliphatic hydroxyl groups excluding tert-OH is 1. The Labute approximate surface area is 147 Å². The van der Waals surface area contributed by atoms with Crippen molar-refractivity contribution in [1.29, 1.82) is 0 Å². The first-order chi connectivity index (χ1) is 12.1. The van der Waals surface area contributed by atoms with E-state index < -0.39 is 5.60 Å². The molecule has 4 N–H and O–H groups in total. The predicted molar refractivity (Wildman–Crippen MR) is 97.2 cm³/mol. The van der Waals surface area contributed by atoms with Gasteiger partial charge in [0.1, 0.15) is 0 Å². The summed E-state index contributed by atoms with van der Waals surface area (Å²) in [6.45, 7) is 1.67. The second-order valence-corrected chi connectivity index (χ2v) is 6.62. The van der Waals surface area contributed by atoms with Gasteiger partial charge in [0.25, 0.3) is 5.91 Å². The highest BCUT2D eigenvalue weighted by atomic mass is 16.3. The lowest BCUT2D eigenvalue weighted by molar-refractivity contribution is 0.0170.